The normalized spacial score (nSPS) is 12.0. The van der Waals surface area contributed by atoms with Crippen LogP contribution in [-0.2, 0) is 20.1 Å². The Morgan fingerprint density at radius 3 is 2.27 bits per heavy atom. The van der Waals surface area contributed by atoms with Crippen LogP contribution in [0.3, 0.4) is 0 Å². The Kier molecular flexibility index (Phi) is 9.63. The first-order chi connectivity index (χ1) is 21.4. The molecule has 3 aromatic heterocycles. The second-order valence-corrected chi connectivity index (χ2v) is 23.9. The second-order valence-electron chi connectivity index (χ2n) is 12.3. The van der Waals surface area contributed by atoms with Gasteiger partial charge in [-0.15, -0.1) is 23.8 Å². The number of thiophene rings is 1. The van der Waals surface area contributed by atoms with Crippen molar-refractivity contribution < 1.29 is 25.9 Å². The molecule has 0 aliphatic heterocycles. The van der Waals surface area contributed by atoms with Crippen LogP contribution in [0.4, 0.5) is 4.39 Å². The molecule has 7 rings (SSSR count). The minimum Gasteiger partial charge on any atom is -0.305 e. The number of pyridine rings is 2. The molecule has 0 aliphatic rings. The fourth-order valence-electron chi connectivity index (χ4n) is 5.63. The molecule has 0 atom stereocenters. The van der Waals surface area contributed by atoms with Crippen molar-refractivity contribution in [3.8, 4) is 22.5 Å². The zero-order valence-corrected chi connectivity index (χ0v) is 31.6. The molecule has 0 N–H and O–H groups in total. The number of fused-ring (bicyclic) bond motifs is 5. The van der Waals surface area contributed by atoms with Crippen LogP contribution in [0.15, 0.2) is 97.3 Å². The number of halogens is 1. The van der Waals surface area contributed by atoms with Crippen molar-refractivity contribution in [2.24, 2.45) is 0 Å². The summed E-state index contributed by atoms with van der Waals surface area (Å²) in [6.07, 6.45) is 3.83. The van der Waals surface area contributed by atoms with E-state index in [1.165, 1.54) is 16.0 Å². The van der Waals surface area contributed by atoms with Gasteiger partial charge in [0.25, 0.3) is 0 Å². The van der Waals surface area contributed by atoms with Gasteiger partial charge in [0.15, 0.2) is 0 Å². The zero-order valence-electron chi connectivity index (χ0n) is 27.3. The zero-order chi connectivity index (χ0) is 31.9. The van der Waals surface area contributed by atoms with Crippen LogP contribution in [0.2, 0.25) is 17.3 Å². The molecule has 2 nitrogen and oxygen atoms in total. The van der Waals surface area contributed by atoms with Gasteiger partial charge in [0, 0.05) is 43.1 Å². The van der Waals surface area contributed by atoms with Crippen LogP contribution in [0.25, 0.3) is 53.5 Å². The average molecular weight is 849 g/mol. The summed E-state index contributed by atoms with van der Waals surface area (Å²) in [7, 11) is 0. The summed E-state index contributed by atoms with van der Waals surface area (Å²) >= 11 is -0.123. The van der Waals surface area contributed by atoms with E-state index in [2.05, 4.69) is 70.7 Å². The number of aromatic nitrogens is 2. The van der Waals surface area contributed by atoms with Crippen LogP contribution in [0.1, 0.15) is 32.2 Å². The Hall–Kier alpha value is -3.22. The largest absolute Gasteiger partial charge is 0.305 e. The van der Waals surface area contributed by atoms with Gasteiger partial charge < -0.3 is 4.98 Å². The predicted octanol–water partition coefficient (Wildman–Crippen LogP) is 10.7. The molecule has 0 fully saturated rings. The van der Waals surface area contributed by atoms with Crippen molar-refractivity contribution in [2.75, 3.05) is 0 Å². The van der Waals surface area contributed by atoms with Crippen molar-refractivity contribution >= 4 is 59.9 Å². The summed E-state index contributed by atoms with van der Waals surface area (Å²) in [5.41, 5.74) is 6.12. The standard InChI is InChI=1S/C24H17FNS.C15H18GeN.Ir/c1-14(2)15-11-12-26-22(13-15)20-7-3-5-18-19-10-9-16-17(6-4-8-21(16)25)23(19)27-24(18)20;1-12-10-15(13-8-6-5-7-9-13)17-11-14(12)16(2,3)4;/h3-6,8-14H,1-2H3;5-8,10-11H,1-4H3;/q2*-1;/i14D;;. The van der Waals surface area contributed by atoms with Crippen molar-refractivity contribution in [1.29, 1.82) is 0 Å². The van der Waals surface area contributed by atoms with E-state index >= 15 is 0 Å². The third kappa shape index (κ3) is 6.83. The minimum absolute atomic E-state index is 0. The summed E-state index contributed by atoms with van der Waals surface area (Å²) in [5.74, 6) is 6.31. The van der Waals surface area contributed by atoms with Crippen molar-refractivity contribution in [2.45, 2.75) is 43.9 Å². The summed E-state index contributed by atoms with van der Waals surface area (Å²) in [6, 6.07) is 33.7. The Morgan fingerprint density at radius 2 is 1.56 bits per heavy atom. The van der Waals surface area contributed by atoms with E-state index in [4.69, 9.17) is 1.37 Å². The van der Waals surface area contributed by atoms with Crippen LogP contribution in [0.5, 0.6) is 0 Å². The van der Waals surface area contributed by atoms with Gasteiger partial charge in [0.2, 0.25) is 0 Å². The van der Waals surface area contributed by atoms with Gasteiger partial charge in [-0.1, -0.05) is 55.1 Å². The van der Waals surface area contributed by atoms with Crippen LogP contribution >= 0.6 is 11.3 Å². The Balaban J connectivity index is 0.000000200. The fourth-order valence-corrected chi connectivity index (χ4v) is 10.5. The molecule has 229 valence electrons. The Morgan fingerprint density at radius 1 is 0.800 bits per heavy atom. The number of nitrogens with zero attached hydrogens (tertiary/aromatic N) is 2. The second kappa shape index (κ2) is 13.6. The summed E-state index contributed by atoms with van der Waals surface area (Å²) in [6.45, 7) is 5.94. The monoisotopic (exact) mass is 850 g/mol. The number of hydrogen-bond acceptors (Lipinski definition) is 3. The maximum atomic E-state index is 14.2. The van der Waals surface area contributed by atoms with Gasteiger partial charge >= 0.3 is 106 Å². The molecule has 4 aromatic carbocycles. The summed E-state index contributed by atoms with van der Waals surface area (Å²) < 4.78 is 26.2. The van der Waals surface area contributed by atoms with E-state index in [-0.39, 0.29) is 25.9 Å². The van der Waals surface area contributed by atoms with E-state index < -0.39 is 19.2 Å². The number of aryl methyl sites for hydroxylation is 1. The minimum atomic E-state index is -1.77. The smallest absolute Gasteiger partial charge is 0.131 e. The molecular formula is C39H35FGeIrN2S-2. The first-order valence-corrected chi connectivity index (χ1v) is 22.9. The number of rotatable bonds is 4. The van der Waals surface area contributed by atoms with Gasteiger partial charge in [-0.25, -0.2) is 4.39 Å². The molecule has 0 amide bonds. The molecule has 0 aliphatic carbocycles. The molecule has 0 bridgehead atoms. The fraction of sp³-hybridized carbons (Fsp3) is 0.179. The number of hydrogen-bond donors (Lipinski definition) is 0. The van der Waals surface area contributed by atoms with E-state index in [9.17, 15) is 4.39 Å². The SMILES string of the molecule is Cc1cc(-c2[c-]cccc2)nc[c]1[Ge]([CH3])([CH3])[CH3].[2H]C(C)(C)c1ccnc(-c2[c-]ccc3c2sc2c4cccc(F)c4ccc32)c1.[Ir]. The molecule has 0 unspecified atom stereocenters. The van der Waals surface area contributed by atoms with Crippen LogP contribution < -0.4 is 4.40 Å². The average Bonchev–Trinajstić information content (AvgIpc) is 3.41. The van der Waals surface area contributed by atoms with Gasteiger partial charge in [0.05, 0.1) is 0 Å². The molecular weight excluding hydrogens is 812 g/mol. The molecule has 0 saturated carbocycles. The molecule has 1 radical (unpaired) electrons. The van der Waals surface area contributed by atoms with Crippen molar-refractivity contribution in [1.82, 2.24) is 9.97 Å². The maximum absolute atomic E-state index is 14.2. The van der Waals surface area contributed by atoms with Crippen LogP contribution in [-0.4, -0.2) is 23.2 Å². The van der Waals surface area contributed by atoms with Crippen LogP contribution in [0, 0.1) is 24.9 Å². The molecule has 6 heteroatoms. The van der Waals surface area contributed by atoms with E-state index in [1.54, 1.807) is 23.6 Å². The maximum Gasteiger partial charge on any atom is 0.131 e. The van der Waals surface area contributed by atoms with Gasteiger partial charge in [0.1, 0.15) is 5.82 Å². The Labute approximate surface area is 286 Å². The third-order valence-electron chi connectivity index (χ3n) is 7.90. The molecule has 45 heavy (non-hydrogen) atoms. The quantitative estimate of drug-likeness (QED) is 0.130. The van der Waals surface area contributed by atoms with E-state index in [1.807, 2.05) is 68.4 Å². The first kappa shape index (κ1) is 31.8. The van der Waals surface area contributed by atoms with Gasteiger partial charge in [-0.3, -0.25) is 0 Å². The molecule has 0 spiro atoms. The summed E-state index contributed by atoms with van der Waals surface area (Å²) in [4.78, 5) is 9.14. The van der Waals surface area contributed by atoms with Crippen molar-refractivity contribution in [3.63, 3.8) is 0 Å². The van der Waals surface area contributed by atoms with E-state index in [0.29, 0.717) is 5.39 Å². The van der Waals surface area contributed by atoms with Gasteiger partial charge in [-0.05, 0) is 33.8 Å². The molecule has 0 saturated heterocycles. The molecule has 7 aromatic rings. The topological polar surface area (TPSA) is 25.8 Å². The number of benzene rings is 4. The Bertz CT molecular complexity index is 2170. The van der Waals surface area contributed by atoms with E-state index in [0.717, 1.165) is 53.6 Å². The third-order valence-corrected chi connectivity index (χ3v) is 13.7. The van der Waals surface area contributed by atoms with Crippen molar-refractivity contribution in [3.05, 3.63) is 126 Å². The van der Waals surface area contributed by atoms with Gasteiger partial charge in [-0.2, -0.15) is 11.3 Å². The predicted molar refractivity (Wildman–Crippen MR) is 189 cm³/mol. The first-order valence-electron chi connectivity index (χ1n) is 15.3. The molecule has 3 heterocycles. The summed E-state index contributed by atoms with van der Waals surface area (Å²) in [5, 5.41) is 3.81.